The summed E-state index contributed by atoms with van der Waals surface area (Å²) in [7, 11) is 1.67. The van der Waals surface area contributed by atoms with Gasteiger partial charge in [0.1, 0.15) is 0 Å². The van der Waals surface area contributed by atoms with Crippen molar-refractivity contribution in [2.24, 2.45) is 0 Å². The third-order valence-electron chi connectivity index (χ3n) is 2.50. The third kappa shape index (κ3) is 3.65. The Morgan fingerprint density at radius 1 is 1.35 bits per heavy atom. The number of rotatable bonds is 6. The Hall–Kier alpha value is -1.18. The van der Waals surface area contributed by atoms with Gasteiger partial charge in [0.2, 0.25) is 5.89 Å². The van der Waals surface area contributed by atoms with Crippen LogP contribution in [0.4, 0.5) is 6.01 Å². The number of morpholine rings is 1. The van der Waals surface area contributed by atoms with Gasteiger partial charge in [-0.1, -0.05) is 5.10 Å². The zero-order chi connectivity index (χ0) is 11.9. The molecule has 0 spiro atoms. The van der Waals surface area contributed by atoms with E-state index in [1.165, 1.54) is 0 Å². The average Bonchev–Trinajstić information content (AvgIpc) is 2.85. The third-order valence-corrected chi connectivity index (χ3v) is 2.50. The monoisotopic (exact) mass is 242 g/mol. The predicted octanol–water partition coefficient (Wildman–Crippen LogP) is -0.358. The van der Waals surface area contributed by atoms with E-state index < -0.39 is 0 Å². The van der Waals surface area contributed by atoms with E-state index in [4.69, 9.17) is 13.9 Å². The fraction of sp³-hybridized carbons (Fsp3) is 0.800. The molecule has 0 saturated carbocycles. The van der Waals surface area contributed by atoms with Crippen LogP contribution < -0.4 is 10.2 Å². The zero-order valence-electron chi connectivity index (χ0n) is 10.0. The van der Waals surface area contributed by atoms with Gasteiger partial charge in [-0.15, -0.1) is 5.10 Å². The normalized spacial score (nSPS) is 16.4. The number of methoxy groups -OCH3 is 1. The first-order chi connectivity index (χ1) is 8.40. The largest absolute Gasteiger partial charge is 0.407 e. The van der Waals surface area contributed by atoms with Gasteiger partial charge in [0.15, 0.2) is 0 Å². The zero-order valence-corrected chi connectivity index (χ0v) is 10.0. The number of nitrogens with one attached hydrogen (secondary N) is 1. The fourth-order valence-corrected chi connectivity index (χ4v) is 1.57. The summed E-state index contributed by atoms with van der Waals surface area (Å²) in [6.45, 7) is 5.04. The van der Waals surface area contributed by atoms with E-state index in [0.717, 1.165) is 19.6 Å². The Balaban J connectivity index is 1.78. The molecule has 0 amide bonds. The van der Waals surface area contributed by atoms with Gasteiger partial charge in [0.05, 0.1) is 26.4 Å². The Kier molecular flexibility index (Phi) is 4.72. The molecular weight excluding hydrogens is 224 g/mol. The highest BCUT2D eigenvalue weighted by molar-refractivity contribution is 5.24. The Morgan fingerprint density at radius 3 is 2.94 bits per heavy atom. The molecule has 1 saturated heterocycles. The molecule has 1 aliphatic rings. The minimum absolute atomic E-state index is 0.570. The smallest absolute Gasteiger partial charge is 0.318 e. The molecule has 1 aromatic heterocycles. The van der Waals surface area contributed by atoms with Gasteiger partial charge >= 0.3 is 6.01 Å². The van der Waals surface area contributed by atoms with Crippen LogP contribution in [0, 0.1) is 0 Å². The maximum Gasteiger partial charge on any atom is 0.318 e. The first-order valence-electron chi connectivity index (χ1n) is 5.75. The quantitative estimate of drug-likeness (QED) is 0.683. The maximum atomic E-state index is 5.55. The number of aromatic nitrogens is 2. The molecule has 96 valence electrons. The van der Waals surface area contributed by atoms with E-state index in [0.29, 0.717) is 38.3 Å². The number of hydrogen-bond acceptors (Lipinski definition) is 7. The van der Waals surface area contributed by atoms with Crippen molar-refractivity contribution in [1.29, 1.82) is 0 Å². The molecule has 0 aliphatic carbocycles. The lowest BCUT2D eigenvalue weighted by molar-refractivity contribution is 0.120. The molecule has 0 unspecified atom stereocenters. The summed E-state index contributed by atoms with van der Waals surface area (Å²) in [6, 6.07) is 0.580. The molecule has 0 atom stereocenters. The van der Waals surface area contributed by atoms with Gasteiger partial charge in [0, 0.05) is 26.7 Å². The van der Waals surface area contributed by atoms with Crippen molar-refractivity contribution in [3.8, 4) is 0 Å². The van der Waals surface area contributed by atoms with Crippen LogP contribution in [0.25, 0.3) is 0 Å². The van der Waals surface area contributed by atoms with Crippen LogP contribution in [0.1, 0.15) is 5.89 Å². The van der Waals surface area contributed by atoms with Crippen molar-refractivity contribution < 1.29 is 13.9 Å². The van der Waals surface area contributed by atoms with Gasteiger partial charge in [-0.25, -0.2) is 0 Å². The molecule has 2 rings (SSSR count). The molecule has 2 heterocycles. The highest BCUT2D eigenvalue weighted by Crippen LogP contribution is 2.13. The van der Waals surface area contributed by atoms with Crippen LogP contribution in [-0.2, 0) is 16.0 Å². The topological polar surface area (TPSA) is 72.7 Å². The Morgan fingerprint density at radius 2 is 2.18 bits per heavy atom. The molecule has 7 nitrogen and oxygen atoms in total. The SMILES string of the molecule is COCCNCc1nnc(N2CCOCC2)o1. The van der Waals surface area contributed by atoms with Crippen LogP contribution in [-0.4, -0.2) is 56.8 Å². The molecule has 1 N–H and O–H groups in total. The summed E-state index contributed by atoms with van der Waals surface area (Å²) in [6.07, 6.45) is 0. The molecule has 1 fully saturated rings. The molecule has 17 heavy (non-hydrogen) atoms. The van der Waals surface area contributed by atoms with Crippen LogP contribution in [0.2, 0.25) is 0 Å². The molecule has 0 aromatic carbocycles. The summed E-state index contributed by atoms with van der Waals surface area (Å²) >= 11 is 0. The predicted molar refractivity (Wildman–Crippen MR) is 60.9 cm³/mol. The van der Waals surface area contributed by atoms with E-state index in [-0.39, 0.29) is 0 Å². The van der Waals surface area contributed by atoms with E-state index in [1.807, 2.05) is 4.90 Å². The fourth-order valence-electron chi connectivity index (χ4n) is 1.57. The summed E-state index contributed by atoms with van der Waals surface area (Å²) in [4.78, 5) is 2.04. The summed E-state index contributed by atoms with van der Waals surface area (Å²) < 4.78 is 15.7. The second-order valence-electron chi connectivity index (χ2n) is 3.75. The number of anilines is 1. The molecule has 7 heteroatoms. The summed E-state index contributed by atoms with van der Waals surface area (Å²) in [5, 5.41) is 11.2. The first-order valence-corrected chi connectivity index (χ1v) is 5.75. The van der Waals surface area contributed by atoms with E-state index in [2.05, 4.69) is 15.5 Å². The number of ether oxygens (including phenoxy) is 2. The highest BCUT2D eigenvalue weighted by atomic mass is 16.5. The van der Waals surface area contributed by atoms with Crippen LogP contribution in [0.15, 0.2) is 4.42 Å². The first kappa shape index (κ1) is 12.3. The highest BCUT2D eigenvalue weighted by Gasteiger charge is 2.16. The van der Waals surface area contributed by atoms with E-state index >= 15 is 0 Å². The minimum atomic E-state index is 0.570. The van der Waals surface area contributed by atoms with Crippen molar-refractivity contribution in [1.82, 2.24) is 15.5 Å². The minimum Gasteiger partial charge on any atom is -0.407 e. The summed E-state index contributed by atoms with van der Waals surface area (Å²) in [5.74, 6) is 0.600. The number of hydrogen-bond donors (Lipinski definition) is 1. The van der Waals surface area contributed by atoms with Gasteiger partial charge in [-0.3, -0.25) is 0 Å². The molecule has 0 bridgehead atoms. The van der Waals surface area contributed by atoms with Gasteiger partial charge in [-0.2, -0.15) is 0 Å². The van der Waals surface area contributed by atoms with Crippen molar-refractivity contribution in [2.45, 2.75) is 6.54 Å². The van der Waals surface area contributed by atoms with Crippen molar-refractivity contribution in [3.63, 3.8) is 0 Å². The Labute approximate surface area is 100 Å². The van der Waals surface area contributed by atoms with Gasteiger partial charge in [-0.05, 0) is 0 Å². The Bertz CT molecular complexity index is 325. The molecular formula is C10H18N4O3. The van der Waals surface area contributed by atoms with Crippen LogP contribution in [0.5, 0.6) is 0 Å². The number of nitrogens with zero attached hydrogens (tertiary/aromatic N) is 3. The standard InChI is InChI=1S/C10H18N4O3/c1-15-5-2-11-8-9-12-13-10(17-9)14-3-6-16-7-4-14/h11H,2-8H2,1H3. The van der Waals surface area contributed by atoms with Crippen LogP contribution in [0.3, 0.4) is 0 Å². The molecule has 0 radical (unpaired) electrons. The lowest BCUT2D eigenvalue weighted by Gasteiger charge is -2.24. The van der Waals surface area contributed by atoms with E-state index in [1.54, 1.807) is 7.11 Å². The lowest BCUT2D eigenvalue weighted by Crippen LogP contribution is -2.36. The maximum absolute atomic E-state index is 5.55. The average molecular weight is 242 g/mol. The van der Waals surface area contributed by atoms with E-state index in [9.17, 15) is 0 Å². The van der Waals surface area contributed by atoms with Crippen molar-refractivity contribution in [3.05, 3.63) is 5.89 Å². The molecule has 1 aliphatic heterocycles. The summed E-state index contributed by atoms with van der Waals surface area (Å²) in [5.41, 5.74) is 0. The van der Waals surface area contributed by atoms with Crippen LogP contribution >= 0.6 is 0 Å². The lowest BCUT2D eigenvalue weighted by atomic mass is 10.5. The van der Waals surface area contributed by atoms with Crippen molar-refractivity contribution >= 4 is 6.01 Å². The second kappa shape index (κ2) is 6.53. The molecule has 1 aromatic rings. The van der Waals surface area contributed by atoms with Crippen molar-refractivity contribution in [2.75, 3.05) is 51.5 Å². The second-order valence-corrected chi connectivity index (χ2v) is 3.75. The van der Waals surface area contributed by atoms with Gasteiger partial charge < -0.3 is 24.1 Å². The van der Waals surface area contributed by atoms with Gasteiger partial charge in [0.25, 0.3) is 0 Å².